The van der Waals surface area contributed by atoms with E-state index < -0.39 is 0 Å². The second kappa shape index (κ2) is 8.19. The van der Waals surface area contributed by atoms with Crippen molar-refractivity contribution >= 4 is 28.2 Å². The molecular formula is C19H25N3O3S. The Bertz CT molecular complexity index is 729. The lowest BCUT2D eigenvalue weighted by atomic mass is 9.89. The van der Waals surface area contributed by atoms with Crippen LogP contribution in [-0.2, 0) is 27.2 Å². The van der Waals surface area contributed by atoms with E-state index in [1.54, 1.807) is 11.3 Å². The summed E-state index contributed by atoms with van der Waals surface area (Å²) in [6, 6.07) is 2.28. The van der Waals surface area contributed by atoms with Crippen LogP contribution in [0.25, 0.3) is 0 Å². The number of esters is 1. The molecule has 1 aromatic rings. The Labute approximate surface area is 158 Å². The smallest absolute Gasteiger partial charge is 0.308 e. The van der Waals surface area contributed by atoms with Gasteiger partial charge in [0.2, 0.25) is 5.91 Å². The summed E-state index contributed by atoms with van der Waals surface area (Å²) in [4.78, 5) is 27.3. The molecule has 0 bridgehead atoms. The molecule has 7 heteroatoms. The van der Waals surface area contributed by atoms with E-state index in [0.29, 0.717) is 42.4 Å². The normalized spacial score (nSPS) is 20.9. The molecule has 0 aromatic carbocycles. The van der Waals surface area contributed by atoms with E-state index in [-0.39, 0.29) is 24.3 Å². The number of nitrogens with zero attached hydrogens (tertiary/aromatic N) is 2. The van der Waals surface area contributed by atoms with Gasteiger partial charge >= 0.3 is 5.97 Å². The van der Waals surface area contributed by atoms with Gasteiger partial charge in [-0.25, -0.2) is 0 Å². The number of piperidine rings is 1. The Morgan fingerprint density at radius 1 is 1.35 bits per heavy atom. The first kappa shape index (κ1) is 18.9. The summed E-state index contributed by atoms with van der Waals surface area (Å²) >= 11 is 1.55. The summed E-state index contributed by atoms with van der Waals surface area (Å²) in [5, 5.41) is 13.2. The van der Waals surface area contributed by atoms with Crippen molar-refractivity contribution in [2.45, 2.75) is 39.0 Å². The molecule has 140 valence electrons. The fourth-order valence-corrected chi connectivity index (χ4v) is 5.20. The molecule has 2 heterocycles. The van der Waals surface area contributed by atoms with Gasteiger partial charge < -0.3 is 10.1 Å². The lowest BCUT2D eigenvalue weighted by Crippen LogP contribution is -2.41. The number of carbonyl (C=O) groups excluding carboxylic acids is 2. The number of likely N-dealkylation sites (tertiary alicyclic amines) is 1. The molecule has 6 nitrogen and oxygen atoms in total. The highest BCUT2D eigenvalue weighted by Crippen LogP contribution is 2.39. The van der Waals surface area contributed by atoms with E-state index in [2.05, 4.69) is 23.2 Å². The molecule has 1 fully saturated rings. The Kier molecular flexibility index (Phi) is 5.94. The van der Waals surface area contributed by atoms with E-state index >= 15 is 0 Å². The number of thiophene rings is 1. The maximum Gasteiger partial charge on any atom is 0.308 e. The summed E-state index contributed by atoms with van der Waals surface area (Å²) in [5.41, 5.74) is 1.78. The SMILES string of the molecule is COC(=O)C1CCN(CC(=O)Nc2sc3c(c2C#N)CCC(C)C3)CC1. The van der Waals surface area contributed by atoms with Gasteiger partial charge in [0.15, 0.2) is 0 Å². The highest BCUT2D eigenvalue weighted by molar-refractivity contribution is 7.16. The van der Waals surface area contributed by atoms with Crippen molar-refractivity contribution in [3.05, 3.63) is 16.0 Å². The number of carbonyl (C=O) groups is 2. The van der Waals surface area contributed by atoms with Gasteiger partial charge in [-0.1, -0.05) is 6.92 Å². The lowest BCUT2D eigenvalue weighted by molar-refractivity contribution is -0.147. The Morgan fingerprint density at radius 2 is 2.08 bits per heavy atom. The molecule has 2 aliphatic rings. The van der Waals surface area contributed by atoms with Gasteiger partial charge in [0.1, 0.15) is 11.1 Å². The zero-order valence-electron chi connectivity index (χ0n) is 15.3. The number of anilines is 1. The molecule has 3 rings (SSSR count). The van der Waals surface area contributed by atoms with Crippen LogP contribution in [0.3, 0.4) is 0 Å². The highest BCUT2D eigenvalue weighted by atomic mass is 32.1. The molecule has 1 aliphatic heterocycles. The number of hydrogen-bond acceptors (Lipinski definition) is 6. The zero-order valence-corrected chi connectivity index (χ0v) is 16.2. The minimum Gasteiger partial charge on any atom is -0.469 e. The van der Waals surface area contributed by atoms with Gasteiger partial charge in [-0.05, 0) is 56.7 Å². The van der Waals surface area contributed by atoms with Gasteiger partial charge in [0.25, 0.3) is 0 Å². The van der Waals surface area contributed by atoms with Crippen molar-refractivity contribution in [3.63, 3.8) is 0 Å². The maximum atomic E-state index is 12.5. The first-order chi connectivity index (χ1) is 12.5. The Balaban J connectivity index is 1.58. The summed E-state index contributed by atoms with van der Waals surface area (Å²) in [7, 11) is 1.41. The topological polar surface area (TPSA) is 82.4 Å². The first-order valence-corrected chi connectivity index (χ1v) is 9.98. The van der Waals surface area contributed by atoms with Gasteiger partial charge in [-0.15, -0.1) is 11.3 Å². The third kappa shape index (κ3) is 4.08. The predicted octanol–water partition coefficient (Wildman–Crippen LogP) is 2.57. The number of ether oxygens (including phenoxy) is 1. The number of methoxy groups -OCH3 is 1. The maximum absolute atomic E-state index is 12.5. The van der Waals surface area contributed by atoms with Crippen LogP contribution in [0, 0.1) is 23.2 Å². The lowest BCUT2D eigenvalue weighted by Gasteiger charge is -2.29. The first-order valence-electron chi connectivity index (χ1n) is 9.16. The predicted molar refractivity (Wildman–Crippen MR) is 100 cm³/mol. The third-order valence-corrected chi connectivity index (χ3v) is 6.54. The van der Waals surface area contributed by atoms with Crippen LogP contribution in [0.1, 0.15) is 42.2 Å². The minimum absolute atomic E-state index is 0.0597. The van der Waals surface area contributed by atoms with E-state index in [4.69, 9.17) is 4.74 Å². The molecule has 1 unspecified atom stereocenters. The number of nitrogens with one attached hydrogen (secondary N) is 1. The van der Waals surface area contributed by atoms with Crippen molar-refractivity contribution < 1.29 is 14.3 Å². The molecule has 26 heavy (non-hydrogen) atoms. The molecule has 1 aromatic heterocycles. The number of fused-ring (bicyclic) bond motifs is 1. The highest BCUT2D eigenvalue weighted by Gasteiger charge is 2.28. The molecule has 1 amide bonds. The van der Waals surface area contributed by atoms with Crippen molar-refractivity contribution in [1.82, 2.24) is 4.90 Å². The van der Waals surface area contributed by atoms with Crippen molar-refractivity contribution in [3.8, 4) is 6.07 Å². The summed E-state index contributed by atoms with van der Waals surface area (Å²) in [5.74, 6) is 0.318. The number of amides is 1. The summed E-state index contributed by atoms with van der Waals surface area (Å²) in [6.45, 7) is 3.93. The van der Waals surface area contributed by atoms with Gasteiger partial charge in [0.05, 0.1) is 25.1 Å². The Hall–Kier alpha value is -1.91. The Morgan fingerprint density at radius 3 is 2.73 bits per heavy atom. The van der Waals surface area contributed by atoms with Gasteiger partial charge in [0, 0.05) is 4.88 Å². The molecule has 0 radical (unpaired) electrons. The molecule has 1 atom stereocenters. The standard InChI is InChI=1S/C19H25N3O3S/c1-12-3-4-14-15(10-20)18(26-16(14)9-12)21-17(23)11-22-7-5-13(6-8-22)19(24)25-2/h12-13H,3-9,11H2,1-2H3,(H,21,23). The van der Waals surface area contributed by atoms with Crippen LogP contribution in [0.4, 0.5) is 5.00 Å². The second-order valence-electron chi connectivity index (χ2n) is 7.29. The average molecular weight is 375 g/mol. The van der Waals surface area contributed by atoms with Crippen molar-refractivity contribution in [2.75, 3.05) is 32.1 Å². The van der Waals surface area contributed by atoms with Crippen LogP contribution in [0.2, 0.25) is 0 Å². The minimum atomic E-state index is -0.161. The molecule has 1 aliphatic carbocycles. The molecule has 0 spiro atoms. The number of rotatable bonds is 4. The zero-order chi connectivity index (χ0) is 18.7. The monoisotopic (exact) mass is 375 g/mol. The fourth-order valence-electron chi connectivity index (χ4n) is 3.82. The van der Waals surface area contributed by atoms with Crippen LogP contribution >= 0.6 is 11.3 Å². The quantitative estimate of drug-likeness (QED) is 0.818. The third-order valence-electron chi connectivity index (χ3n) is 5.37. The number of hydrogen-bond donors (Lipinski definition) is 1. The van der Waals surface area contributed by atoms with E-state index in [1.165, 1.54) is 12.0 Å². The molecular weight excluding hydrogens is 350 g/mol. The van der Waals surface area contributed by atoms with Gasteiger partial charge in [-0.2, -0.15) is 5.26 Å². The molecule has 1 N–H and O–H groups in total. The average Bonchev–Trinajstić information content (AvgIpc) is 2.97. The van der Waals surface area contributed by atoms with E-state index in [9.17, 15) is 14.9 Å². The van der Waals surface area contributed by atoms with Gasteiger partial charge in [-0.3, -0.25) is 14.5 Å². The largest absolute Gasteiger partial charge is 0.469 e. The van der Waals surface area contributed by atoms with Crippen LogP contribution in [-0.4, -0.2) is 43.5 Å². The fraction of sp³-hybridized carbons (Fsp3) is 0.632. The molecule has 0 saturated carbocycles. The van der Waals surface area contributed by atoms with Crippen molar-refractivity contribution in [1.29, 1.82) is 5.26 Å². The van der Waals surface area contributed by atoms with Crippen LogP contribution in [0.5, 0.6) is 0 Å². The van der Waals surface area contributed by atoms with Crippen LogP contribution in [0.15, 0.2) is 0 Å². The van der Waals surface area contributed by atoms with E-state index in [1.807, 2.05) is 0 Å². The van der Waals surface area contributed by atoms with Crippen molar-refractivity contribution in [2.24, 2.45) is 11.8 Å². The van der Waals surface area contributed by atoms with Crippen LogP contribution < -0.4 is 5.32 Å². The number of nitriles is 1. The van der Waals surface area contributed by atoms with E-state index in [0.717, 1.165) is 24.8 Å². The summed E-state index contributed by atoms with van der Waals surface area (Å²) < 4.78 is 4.79. The molecule has 1 saturated heterocycles. The second-order valence-corrected chi connectivity index (χ2v) is 8.39. The summed E-state index contributed by atoms with van der Waals surface area (Å²) in [6.07, 6.45) is 4.45.